The van der Waals surface area contributed by atoms with Crippen LogP contribution in [0.25, 0.3) is 0 Å². The Hall–Kier alpha value is -1.84. The lowest BCUT2D eigenvalue weighted by Gasteiger charge is -2.06. The van der Waals surface area contributed by atoms with E-state index in [0.29, 0.717) is 5.75 Å². The number of carbonyl (C=O) groups excluding carboxylic acids is 2. The van der Waals surface area contributed by atoms with E-state index in [2.05, 4.69) is 0 Å². The Morgan fingerprint density at radius 2 is 2.00 bits per heavy atom. The average molecular weight is 208 g/mol. The van der Waals surface area contributed by atoms with Gasteiger partial charge in [0.2, 0.25) is 0 Å². The second-order valence-corrected chi connectivity index (χ2v) is 3.23. The zero-order chi connectivity index (χ0) is 11.4. The van der Waals surface area contributed by atoms with Gasteiger partial charge in [0.1, 0.15) is 18.1 Å². The molecule has 0 aromatic heterocycles. The van der Waals surface area contributed by atoms with Gasteiger partial charge in [-0.2, -0.15) is 0 Å². The topological polar surface area (TPSA) is 63.6 Å². The molecule has 1 aromatic carbocycles. The van der Waals surface area contributed by atoms with Crippen LogP contribution in [-0.4, -0.2) is 23.3 Å². The zero-order valence-corrected chi connectivity index (χ0v) is 8.61. The number of hydrogen-bond acceptors (Lipinski definition) is 4. The Kier molecular flexibility index (Phi) is 3.44. The van der Waals surface area contributed by atoms with Gasteiger partial charge in [0, 0.05) is 6.07 Å². The first kappa shape index (κ1) is 11.2. The van der Waals surface area contributed by atoms with Crippen LogP contribution in [0.2, 0.25) is 0 Å². The molecule has 1 rings (SSSR count). The molecule has 1 aromatic rings. The van der Waals surface area contributed by atoms with Crippen LogP contribution in [0, 0.1) is 0 Å². The number of ketones is 2. The van der Waals surface area contributed by atoms with E-state index in [9.17, 15) is 14.7 Å². The van der Waals surface area contributed by atoms with Gasteiger partial charge in [0.25, 0.3) is 0 Å². The first-order chi connectivity index (χ1) is 7.00. The highest BCUT2D eigenvalue weighted by atomic mass is 16.5. The normalized spacial score (nSPS) is 9.73. The summed E-state index contributed by atoms with van der Waals surface area (Å²) >= 11 is 0. The molecule has 0 aliphatic carbocycles. The molecule has 4 nitrogen and oxygen atoms in total. The molecule has 1 N–H and O–H groups in total. The van der Waals surface area contributed by atoms with Gasteiger partial charge in [-0.05, 0) is 26.0 Å². The Morgan fingerprint density at radius 1 is 1.33 bits per heavy atom. The molecule has 0 aliphatic heterocycles. The van der Waals surface area contributed by atoms with Crippen LogP contribution < -0.4 is 4.74 Å². The lowest BCUT2D eigenvalue weighted by molar-refractivity contribution is -0.118. The highest BCUT2D eigenvalue weighted by Gasteiger charge is 2.07. The fourth-order valence-corrected chi connectivity index (χ4v) is 1.08. The molecule has 0 saturated carbocycles. The Balaban J connectivity index is 2.82. The van der Waals surface area contributed by atoms with Crippen LogP contribution >= 0.6 is 0 Å². The van der Waals surface area contributed by atoms with Crippen LogP contribution in [0.3, 0.4) is 0 Å². The molecular formula is C11H12O4. The van der Waals surface area contributed by atoms with Crippen molar-refractivity contribution in [3.05, 3.63) is 23.8 Å². The maximum Gasteiger partial charge on any atom is 0.167 e. The van der Waals surface area contributed by atoms with Gasteiger partial charge < -0.3 is 9.84 Å². The van der Waals surface area contributed by atoms with E-state index in [1.165, 1.54) is 26.0 Å². The number of carbonyl (C=O) groups is 2. The SMILES string of the molecule is CC(=O)COc1ccc(C(C)=O)c(O)c1. The monoisotopic (exact) mass is 208 g/mol. The van der Waals surface area contributed by atoms with Crippen LogP contribution in [0.5, 0.6) is 11.5 Å². The molecule has 15 heavy (non-hydrogen) atoms. The highest BCUT2D eigenvalue weighted by molar-refractivity contribution is 5.96. The van der Waals surface area contributed by atoms with Crippen molar-refractivity contribution >= 4 is 11.6 Å². The van der Waals surface area contributed by atoms with Gasteiger partial charge in [-0.15, -0.1) is 0 Å². The van der Waals surface area contributed by atoms with Crippen molar-refractivity contribution in [2.45, 2.75) is 13.8 Å². The zero-order valence-electron chi connectivity index (χ0n) is 8.61. The molecule has 0 unspecified atom stereocenters. The van der Waals surface area contributed by atoms with Crippen LogP contribution in [0.4, 0.5) is 0 Å². The van der Waals surface area contributed by atoms with Crippen molar-refractivity contribution in [1.82, 2.24) is 0 Å². The quantitative estimate of drug-likeness (QED) is 0.763. The van der Waals surface area contributed by atoms with E-state index in [-0.39, 0.29) is 29.5 Å². The van der Waals surface area contributed by atoms with Crippen LogP contribution in [0.15, 0.2) is 18.2 Å². The Morgan fingerprint density at radius 3 is 2.47 bits per heavy atom. The van der Waals surface area contributed by atoms with E-state index in [0.717, 1.165) is 0 Å². The standard InChI is InChI=1S/C11H12O4/c1-7(12)6-15-9-3-4-10(8(2)13)11(14)5-9/h3-5,14H,6H2,1-2H3. The van der Waals surface area contributed by atoms with Crippen LogP contribution in [-0.2, 0) is 4.79 Å². The molecule has 0 aliphatic rings. The van der Waals surface area contributed by atoms with Gasteiger partial charge >= 0.3 is 0 Å². The molecule has 0 radical (unpaired) electrons. The second-order valence-electron chi connectivity index (χ2n) is 3.23. The van der Waals surface area contributed by atoms with E-state index in [1.807, 2.05) is 0 Å². The fraction of sp³-hybridized carbons (Fsp3) is 0.273. The minimum absolute atomic E-state index is 0.0428. The lowest BCUT2D eigenvalue weighted by atomic mass is 10.1. The van der Waals surface area contributed by atoms with Crippen molar-refractivity contribution in [3.8, 4) is 11.5 Å². The van der Waals surface area contributed by atoms with Crippen molar-refractivity contribution in [2.75, 3.05) is 6.61 Å². The van der Waals surface area contributed by atoms with Gasteiger partial charge in [0.15, 0.2) is 11.6 Å². The van der Waals surface area contributed by atoms with E-state index < -0.39 is 0 Å². The molecule has 0 spiro atoms. The summed E-state index contributed by atoms with van der Waals surface area (Å²) in [5.41, 5.74) is 0.241. The summed E-state index contributed by atoms with van der Waals surface area (Å²) in [6, 6.07) is 4.33. The molecule has 0 heterocycles. The van der Waals surface area contributed by atoms with E-state index in [1.54, 1.807) is 6.07 Å². The summed E-state index contributed by atoms with van der Waals surface area (Å²) in [7, 11) is 0. The van der Waals surface area contributed by atoms with E-state index >= 15 is 0 Å². The van der Waals surface area contributed by atoms with Crippen molar-refractivity contribution < 1.29 is 19.4 Å². The Bertz CT molecular complexity index is 396. The van der Waals surface area contributed by atoms with Gasteiger partial charge in [-0.1, -0.05) is 0 Å². The molecular weight excluding hydrogens is 196 g/mol. The maximum absolute atomic E-state index is 11.0. The number of ether oxygens (including phenoxy) is 1. The number of phenolic OH excluding ortho intramolecular Hbond substituents is 1. The Labute approximate surface area is 87.5 Å². The second kappa shape index (κ2) is 4.59. The summed E-state index contributed by atoms with van der Waals surface area (Å²) in [4.78, 5) is 21.6. The third-order valence-corrected chi connectivity index (χ3v) is 1.79. The molecule has 0 bridgehead atoms. The first-order valence-electron chi connectivity index (χ1n) is 4.47. The number of benzene rings is 1. The summed E-state index contributed by atoms with van der Waals surface area (Å²) < 4.78 is 5.06. The molecule has 0 amide bonds. The maximum atomic E-state index is 11.0. The number of Topliss-reactive ketones (excluding diaryl/α,β-unsaturated/α-hetero) is 2. The van der Waals surface area contributed by atoms with Gasteiger partial charge in [-0.25, -0.2) is 0 Å². The third kappa shape index (κ3) is 3.09. The van der Waals surface area contributed by atoms with Crippen LogP contribution in [0.1, 0.15) is 24.2 Å². The molecule has 0 saturated heterocycles. The average Bonchev–Trinajstić information content (AvgIpc) is 2.14. The minimum Gasteiger partial charge on any atom is -0.507 e. The third-order valence-electron chi connectivity index (χ3n) is 1.79. The largest absolute Gasteiger partial charge is 0.507 e. The molecule has 0 atom stereocenters. The minimum atomic E-state index is -0.217. The summed E-state index contributed by atoms with van der Waals surface area (Å²) in [6.45, 7) is 2.73. The number of hydrogen-bond donors (Lipinski definition) is 1. The smallest absolute Gasteiger partial charge is 0.167 e. The van der Waals surface area contributed by atoms with Crippen molar-refractivity contribution in [2.24, 2.45) is 0 Å². The number of aromatic hydroxyl groups is 1. The molecule has 0 fully saturated rings. The number of phenols is 1. The predicted molar refractivity (Wildman–Crippen MR) is 54.3 cm³/mol. The van der Waals surface area contributed by atoms with Gasteiger partial charge in [0.05, 0.1) is 5.56 Å². The first-order valence-corrected chi connectivity index (χ1v) is 4.47. The fourth-order valence-electron chi connectivity index (χ4n) is 1.08. The number of rotatable bonds is 4. The molecule has 4 heteroatoms. The van der Waals surface area contributed by atoms with Gasteiger partial charge in [-0.3, -0.25) is 9.59 Å². The predicted octanol–water partition coefficient (Wildman–Crippen LogP) is 1.56. The highest BCUT2D eigenvalue weighted by Crippen LogP contribution is 2.23. The van der Waals surface area contributed by atoms with E-state index in [4.69, 9.17) is 4.74 Å². The van der Waals surface area contributed by atoms with Crippen molar-refractivity contribution in [1.29, 1.82) is 0 Å². The molecule has 80 valence electrons. The summed E-state index contributed by atoms with van der Waals surface area (Å²) in [5, 5.41) is 9.44. The van der Waals surface area contributed by atoms with Crippen molar-refractivity contribution in [3.63, 3.8) is 0 Å². The summed E-state index contributed by atoms with van der Waals surface area (Å²) in [5.74, 6) is -0.0907. The lowest BCUT2D eigenvalue weighted by Crippen LogP contribution is -2.06. The summed E-state index contributed by atoms with van der Waals surface area (Å²) in [6.07, 6.45) is 0.